The van der Waals surface area contributed by atoms with Gasteiger partial charge in [-0.05, 0) is 193 Å². The van der Waals surface area contributed by atoms with E-state index in [1.165, 1.54) is 65.4 Å². The van der Waals surface area contributed by atoms with Crippen molar-refractivity contribution in [1.29, 1.82) is 0 Å². The summed E-state index contributed by atoms with van der Waals surface area (Å²) in [5.41, 5.74) is 29.5. The smallest absolute Gasteiger partial charge is 0.252 e. The molecule has 0 fully saturated rings. The minimum absolute atomic E-state index is 0.212. The van der Waals surface area contributed by atoms with Crippen LogP contribution in [0.15, 0.2) is 388 Å². The summed E-state index contributed by atoms with van der Waals surface area (Å²) in [6.07, 6.45) is 0. The third-order valence-electron chi connectivity index (χ3n) is 21.8. The molecule has 484 valence electrons. The number of para-hydroxylation sites is 9. The van der Waals surface area contributed by atoms with Crippen LogP contribution >= 0.6 is 0 Å². The Kier molecular flexibility index (Phi) is 13.7. The van der Waals surface area contributed by atoms with Crippen LogP contribution in [0.4, 0.5) is 102 Å². The molecule has 0 N–H and O–H groups in total. The third kappa shape index (κ3) is 9.18. The van der Waals surface area contributed by atoms with Crippen LogP contribution in [0.3, 0.4) is 0 Å². The van der Waals surface area contributed by atoms with E-state index >= 15 is 0 Å². The molecule has 4 aliphatic heterocycles. The summed E-state index contributed by atoms with van der Waals surface area (Å²) in [7, 11) is 0. The van der Waals surface area contributed by atoms with E-state index < -0.39 is 0 Å². The van der Waals surface area contributed by atoms with Crippen LogP contribution in [0.5, 0.6) is 0 Å². The first-order valence-electron chi connectivity index (χ1n) is 36.0. The predicted octanol–water partition coefficient (Wildman–Crippen LogP) is 21.9. The quantitative estimate of drug-likeness (QED) is 0.0943. The maximum absolute atomic E-state index is 2.72. The minimum Gasteiger partial charge on any atom is -0.311 e. The molecule has 0 atom stereocenters. The van der Waals surface area contributed by atoms with Crippen LogP contribution in [-0.4, -0.2) is 13.4 Å². The maximum atomic E-state index is 2.72. The van der Waals surface area contributed by atoms with E-state index in [1.807, 2.05) is 0 Å². The van der Waals surface area contributed by atoms with Crippen molar-refractivity contribution in [3.8, 4) is 11.1 Å². The highest BCUT2D eigenvalue weighted by Gasteiger charge is 2.49. The minimum atomic E-state index is -0.241. The first-order valence-corrected chi connectivity index (χ1v) is 36.0. The lowest BCUT2D eigenvalue weighted by Crippen LogP contribution is -2.65. The van der Waals surface area contributed by atoms with Crippen LogP contribution < -0.4 is 62.2 Å². The molecule has 0 aliphatic carbocycles. The predicted molar refractivity (Wildman–Crippen MR) is 442 cm³/mol. The van der Waals surface area contributed by atoms with E-state index in [0.29, 0.717) is 0 Å². The fraction of sp³-hybridized carbons (Fsp3) is 0. The summed E-state index contributed by atoms with van der Waals surface area (Å²) in [6, 6.07) is 145. The van der Waals surface area contributed by atoms with Crippen LogP contribution in [0.25, 0.3) is 43.4 Å². The Morgan fingerprint density at radius 3 is 0.942 bits per heavy atom. The van der Waals surface area contributed by atoms with E-state index in [4.69, 9.17) is 0 Å². The number of nitrogens with zero attached hydrogens (tertiary/aromatic N) is 6. The zero-order chi connectivity index (χ0) is 68.3. The second-order valence-corrected chi connectivity index (χ2v) is 27.5. The van der Waals surface area contributed by atoms with Gasteiger partial charge in [0.15, 0.2) is 0 Å². The van der Waals surface area contributed by atoms with Gasteiger partial charge >= 0.3 is 0 Å². The normalized spacial score (nSPS) is 12.9. The first-order chi connectivity index (χ1) is 51.7. The lowest BCUT2D eigenvalue weighted by atomic mass is 9.30. The molecule has 0 spiro atoms. The van der Waals surface area contributed by atoms with Crippen LogP contribution in [0, 0.1) is 0 Å². The molecule has 0 amide bonds. The number of fused-ring (bicyclic) bond motifs is 11. The Morgan fingerprint density at radius 1 is 0.202 bits per heavy atom. The Labute approximate surface area is 605 Å². The molecular weight excluding hydrogens is 1260 g/mol. The topological polar surface area (TPSA) is 19.4 Å². The summed E-state index contributed by atoms with van der Waals surface area (Å²) in [4.78, 5) is 15.3. The molecule has 21 rings (SSSR count). The lowest BCUT2D eigenvalue weighted by Gasteiger charge is -2.48. The highest BCUT2D eigenvalue weighted by Crippen LogP contribution is 2.56. The standard InChI is InChI=1S/C96H64B2N6/c1-8-35-66(36-9-1)99(67-37-10-2-11-38-67)73-59-89-94-91(61-73)103(72-47-20-7-21-48-72)87-64-88-84(63-83(87)97(94)81-55-28-30-57-85(81)101(89)70-43-16-5-17-44-70)98-82-56-29-31-58-86(82)102(71-45-18-6-19-46-71)90-60-74(100(68-39-12-3-13-40-68)69-41-14-4-15-42-69)62-92(95(90)98)104(88)96-79-52-26-24-50-77(79)93(78-51-25-27-53-80(78)96)76-54-32-34-65-33-22-23-49-75(65)76/h1-64H. The monoisotopic (exact) mass is 1320 g/mol. The number of anilines is 18. The lowest BCUT2D eigenvalue weighted by molar-refractivity contribution is 1.22. The van der Waals surface area contributed by atoms with Crippen molar-refractivity contribution in [2.24, 2.45) is 0 Å². The van der Waals surface area contributed by atoms with Crippen molar-refractivity contribution in [2.45, 2.75) is 0 Å². The molecule has 0 radical (unpaired) electrons. The summed E-state index contributed by atoms with van der Waals surface area (Å²) >= 11 is 0. The zero-order valence-electron chi connectivity index (χ0n) is 56.8. The zero-order valence-corrected chi connectivity index (χ0v) is 56.8. The van der Waals surface area contributed by atoms with Gasteiger partial charge in [-0.15, -0.1) is 0 Å². The van der Waals surface area contributed by atoms with Gasteiger partial charge in [0.2, 0.25) is 0 Å². The molecule has 17 aromatic rings. The maximum Gasteiger partial charge on any atom is 0.252 e. The molecule has 6 nitrogen and oxygen atoms in total. The fourth-order valence-corrected chi connectivity index (χ4v) is 17.7. The molecule has 8 heteroatoms. The molecule has 104 heavy (non-hydrogen) atoms. The van der Waals surface area contributed by atoms with Crippen LogP contribution in [0.1, 0.15) is 0 Å². The summed E-state index contributed by atoms with van der Waals surface area (Å²) < 4.78 is 0. The fourth-order valence-electron chi connectivity index (χ4n) is 17.7. The summed E-state index contributed by atoms with van der Waals surface area (Å²) in [5, 5.41) is 7.09. The molecule has 17 aromatic carbocycles. The molecule has 0 saturated carbocycles. The van der Waals surface area contributed by atoms with Gasteiger partial charge in [-0.3, -0.25) is 0 Å². The summed E-state index contributed by atoms with van der Waals surface area (Å²) in [5.74, 6) is 0. The Bertz CT molecular complexity index is 6080. The van der Waals surface area contributed by atoms with E-state index in [2.05, 4.69) is 418 Å². The van der Waals surface area contributed by atoms with Gasteiger partial charge < -0.3 is 29.4 Å². The number of hydrogen-bond acceptors (Lipinski definition) is 6. The van der Waals surface area contributed by atoms with Crippen molar-refractivity contribution in [1.82, 2.24) is 0 Å². The van der Waals surface area contributed by atoms with Gasteiger partial charge in [0.25, 0.3) is 13.4 Å². The first kappa shape index (κ1) is 59.3. The van der Waals surface area contributed by atoms with Gasteiger partial charge in [0.05, 0.1) is 17.1 Å². The van der Waals surface area contributed by atoms with Crippen LogP contribution in [-0.2, 0) is 0 Å². The van der Waals surface area contributed by atoms with Crippen molar-refractivity contribution >= 4 is 181 Å². The molecule has 0 bridgehead atoms. The second kappa shape index (κ2) is 24.1. The highest BCUT2D eigenvalue weighted by molar-refractivity contribution is 7.03. The largest absolute Gasteiger partial charge is 0.311 e. The molecule has 0 aromatic heterocycles. The molecular formula is C96H64B2N6. The van der Waals surface area contributed by atoms with Gasteiger partial charge in [-0.25, -0.2) is 0 Å². The van der Waals surface area contributed by atoms with Gasteiger partial charge in [0.1, 0.15) is 0 Å². The van der Waals surface area contributed by atoms with Gasteiger partial charge in [0, 0.05) is 96.1 Å². The Balaban J connectivity index is 0.932. The second-order valence-electron chi connectivity index (χ2n) is 27.5. The molecule has 4 aliphatic rings. The van der Waals surface area contributed by atoms with Crippen LogP contribution in [0.2, 0.25) is 0 Å². The highest BCUT2D eigenvalue weighted by atomic mass is 15.2. The van der Waals surface area contributed by atoms with E-state index in [0.717, 1.165) is 113 Å². The van der Waals surface area contributed by atoms with E-state index in [1.54, 1.807) is 0 Å². The van der Waals surface area contributed by atoms with Gasteiger partial charge in [-0.1, -0.05) is 261 Å². The average Bonchev–Trinajstić information content (AvgIpc) is 0.700. The number of benzene rings is 17. The van der Waals surface area contributed by atoms with Crippen molar-refractivity contribution < 1.29 is 0 Å². The molecule has 4 heterocycles. The average molecular weight is 1320 g/mol. The Hall–Kier alpha value is -13.6. The third-order valence-corrected chi connectivity index (χ3v) is 21.8. The van der Waals surface area contributed by atoms with Crippen molar-refractivity contribution in [3.63, 3.8) is 0 Å². The Morgan fingerprint density at radius 2 is 0.519 bits per heavy atom. The van der Waals surface area contributed by atoms with Crippen molar-refractivity contribution in [3.05, 3.63) is 388 Å². The molecule has 0 saturated heterocycles. The SMILES string of the molecule is c1ccc(N(c2ccccc2)c2cc3c4c(c2)N(c2ccccc2)c2cc5c(cc2B4c2ccccc2N3c2ccccc2)B2c3ccccc3N(c3ccccc3)c3cc(N(c4ccccc4)c4ccccc4)cc(c32)N5c2c3ccccc3c(-c3cccc4ccccc34)c3ccccc23)cc1. The molecule has 0 unspecified atom stereocenters. The van der Waals surface area contributed by atoms with Crippen molar-refractivity contribution in [2.75, 3.05) is 29.4 Å². The summed E-state index contributed by atoms with van der Waals surface area (Å²) in [6.45, 7) is -0.454. The number of hydrogen-bond donors (Lipinski definition) is 0. The number of rotatable bonds is 11. The van der Waals surface area contributed by atoms with Gasteiger partial charge in [-0.2, -0.15) is 0 Å². The van der Waals surface area contributed by atoms with E-state index in [-0.39, 0.29) is 13.4 Å². The van der Waals surface area contributed by atoms with E-state index in [9.17, 15) is 0 Å².